The molecule has 0 heterocycles. The zero-order chi connectivity index (χ0) is 13.8. The van der Waals surface area contributed by atoms with Crippen molar-refractivity contribution in [2.75, 3.05) is 12.4 Å². The number of ether oxygens (including phenoxy) is 1. The standard InChI is InChI=1S/C14H12BrClFNO/c1-19-14-5-2-9(6-12(14)16)8-18-10-3-4-13(17)11(15)7-10/h2-7,18H,8H2,1H3. The number of hydrogen-bond donors (Lipinski definition) is 1. The molecule has 0 aliphatic carbocycles. The van der Waals surface area contributed by atoms with Crippen LogP contribution < -0.4 is 10.1 Å². The Labute approximate surface area is 124 Å². The molecule has 19 heavy (non-hydrogen) atoms. The Kier molecular flexibility index (Phi) is 4.66. The van der Waals surface area contributed by atoms with E-state index in [4.69, 9.17) is 16.3 Å². The van der Waals surface area contributed by atoms with Crippen LogP contribution in [0.15, 0.2) is 40.9 Å². The number of anilines is 1. The fourth-order valence-electron chi connectivity index (χ4n) is 1.63. The van der Waals surface area contributed by atoms with Gasteiger partial charge in [0.1, 0.15) is 11.6 Å². The summed E-state index contributed by atoms with van der Waals surface area (Å²) in [5.74, 6) is 0.369. The molecule has 1 N–H and O–H groups in total. The summed E-state index contributed by atoms with van der Waals surface area (Å²) in [6.07, 6.45) is 0. The van der Waals surface area contributed by atoms with Gasteiger partial charge in [0, 0.05) is 12.2 Å². The normalized spacial score (nSPS) is 10.3. The molecule has 0 radical (unpaired) electrons. The van der Waals surface area contributed by atoms with Gasteiger partial charge in [0.05, 0.1) is 16.6 Å². The highest BCUT2D eigenvalue weighted by Crippen LogP contribution is 2.26. The number of methoxy groups -OCH3 is 1. The Hall–Kier alpha value is -1.26. The van der Waals surface area contributed by atoms with E-state index < -0.39 is 0 Å². The van der Waals surface area contributed by atoms with E-state index in [1.165, 1.54) is 6.07 Å². The maximum atomic E-state index is 13.1. The van der Waals surface area contributed by atoms with E-state index in [1.807, 2.05) is 18.2 Å². The Morgan fingerprint density at radius 2 is 2.05 bits per heavy atom. The first-order chi connectivity index (χ1) is 9.10. The van der Waals surface area contributed by atoms with E-state index >= 15 is 0 Å². The fourth-order valence-corrected chi connectivity index (χ4v) is 2.29. The highest BCUT2D eigenvalue weighted by Gasteiger charge is 2.03. The predicted octanol–water partition coefficient (Wildman–Crippen LogP) is 4.86. The van der Waals surface area contributed by atoms with E-state index in [-0.39, 0.29) is 5.82 Å². The van der Waals surface area contributed by atoms with Crippen LogP contribution >= 0.6 is 27.5 Å². The summed E-state index contributed by atoms with van der Waals surface area (Å²) in [5, 5.41) is 3.77. The summed E-state index contributed by atoms with van der Waals surface area (Å²) >= 11 is 9.20. The minimum absolute atomic E-state index is 0.280. The van der Waals surface area contributed by atoms with Crippen molar-refractivity contribution < 1.29 is 9.13 Å². The summed E-state index contributed by atoms with van der Waals surface area (Å²) < 4.78 is 18.6. The van der Waals surface area contributed by atoms with Gasteiger partial charge in [0.25, 0.3) is 0 Å². The third-order valence-corrected chi connectivity index (χ3v) is 3.54. The Balaban J connectivity index is 2.05. The average Bonchev–Trinajstić information content (AvgIpc) is 2.40. The third-order valence-electron chi connectivity index (χ3n) is 2.63. The lowest BCUT2D eigenvalue weighted by Crippen LogP contribution is -2.00. The molecule has 0 atom stereocenters. The number of benzene rings is 2. The van der Waals surface area contributed by atoms with E-state index in [2.05, 4.69) is 21.2 Å². The van der Waals surface area contributed by atoms with Crippen LogP contribution in [-0.2, 0) is 6.54 Å². The molecule has 0 fully saturated rings. The lowest BCUT2D eigenvalue weighted by atomic mass is 10.2. The van der Waals surface area contributed by atoms with E-state index in [9.17, 15) is 4.39 Å². The Morgan fingerprint density at radius 3 is 2.68 bits per heavy atom. The highest BCUT2D eigenvalue weighted by atomic mass is 79.9. The zero-order valence-corrected chi connectivity index (χ0v) is 12.6. The van der Waals surface area contributed by atoms with Crippen molar-refractivity contribution in [3.05, 3.63) is 57.3 Å². The van der Waals surface area contributed by atoms with E-state index in [0.717, 1.165) is 11.3 Å². The maximum absolute atomic E-state index is 13.1. The van der Waals surface area contributed by atoms with Crippen molar-refractivity contribution in [2.24, 2.45) is 0 Å². The Morgan fingerprint density at radius 1 is 1.26 bits per heavy atom. The van der Waals surface area contributed by atoms with Crippen LogP contribution in [-0.4, -0.2) is 7.11 Å². The number of nitrogens with one attached hydrogen (secondary N) is 1. The summed E-state index contributed by atoms with van der Waals surface area (Å²) in [5.41, 5.74) is 1.85. The lowest BCUT2D eigenvalue weighted by Gasteiger charge is -2.09. The van der Waals surface area contributed by atoms with Crippen LogP contribution in [0.1, 0.15) is 5.56 Å². The van der Waals surface area contributed by atoms with Gasteiger partial charge < -0.3 is 10.1 Å². The van der Waals surface area contributed by atoms with Crippen molar-refractivity contribution >= 4 is 33.2 Å². The molecule has 100 valence electrons. The second-order valence-corrected chi connectivity index (χ2v) is 5.21. The first-order valence-corrected chi connectivity index (χ1v) is 6.78. The fraction of sp³-hybridized carbons (Fsp3) is 0.143. The van der Waals surface area contributed by atoms with Gasteiger partial charge in [-0.1, -0.05) is 17.7 Å². The van der Waals surface area contributed by atoms with Crippen molar-refractivity contribution in [1.82, 2.24) is 0 Å². The molecule has 0 aliphatic rings. The molecule has 0 spiro atoms. The van der Waals surface area contributed by atoms with Gasteiger partial charge in [0.15, 0.2) is 0 Å². The Bertz CT molecular complexity index is 592. The van der Waals surface area contributed by atoms with Gasteiger partial charge in [-0.25, -0.2) is 4.39 Å². The summed E-state index contributed by atoms with van der Waals surface area (Å²) in [7, 11) is 1.58. The van der Waals surface area contributed by atoms with Gasteiger partial charge in [-0.05, 0) is 51.8 Å². The molecule has 5 heteroatoms. The molecule has 0 saturated heterocycles. The molecule has 0 amide bonds. The van der Waals surface area contributed by atoms with Gasteiger partial charge in [-0.15, -0.1) is 0 Å². The summed E-state index contributed by atoms with van der Waals surface area (Å²) in [6.45, 7) is 0.599. The molecule has 0 aromatic heterocycles. The molecule has 2 aromatic carbocycles. The highest BCUT2D eigenvalue weighted by molar-refractivity contribution is 9.10. The lowest BCUT2D eigenvalue weighted by molar-refractivity contribution is 0.415. The third kappa shape index (κ3) is 3.61. The number of hydrogen-bond acceptors (Lipinski definition) is 2. The van der Waals surface area contributed by atoms with E-state index in [1.54, 1.807) is 19.2 Å². The molecule has 0 aliphatic heterocycles. The largest absolute Gasteiger partial charge is 0.495 e. The zero-order valence-electron chi connectivity index (χ0n) is 10.2. The topological polar surface area (TPSA) is 21.3 Å². The first kappa shape index (κ1) is 14.2. The van der Waals surface area contributed by atoms with Crippen LogP contribution in [0.4, 0.5) is 10.1 Å². The minimum atomic E-state index is -0.280. The molecule has 2 nitrogen and oxygen atoms in total. The molecular formula is C14H12BrClFNO. The van der Waals surface area contributed by atoms with Crippen molar-refractivity contribution in [1.29, 1.82) is 0 Å². The number of rotatable bonds is 4. The second-order valence-electron chi connectivity index (χ2n) is 3.95. The van der Waals surface area contributed by atoms with Crippen LogP contribution in [0.2, 0.25) is 5.02 Å². The quantitative estimate of drug-likeness (QED) is 0.855. The second kappa shape index (κ2) is 6.26. The molecule has 0 unspecified atom stereocenters. The molecule has 0 saturated carbocycles. The predicted molar refractivity (Wildman–Crippen MR) is 79.4 cm³/mol. The van der Waals surface area contributed by atoms with Gasteiger partial charge >= 0.3 is 0 Å². The van der Waals surface area contributed by atoms with Gasteiger partial charge in [-0.2, -0.15) is 0 Å². The first-order valence-electron chi connectivity index (χ1n) is 5.61. The SMILES string of the molecule is COc1ccc(CNc2ccc(F)c(Br)c2)cc1Cl. The van der Waals surface area contributed by atoms with Gasteiger partial charge in [0.2, 0.25) is 0 Å². The monoisotopic (exact) mass is 343 g/mol. The molecular weight excluding hydrogens is 333 g/mol. The molecule has 0 bridgehead atoms. The maximum Gasteiger partial charge on any atom is 0.137 e. The molecule has 2 aromatic rings. The van der Waals surface area contributed by atoms with Crippen molar-refractivity contribution in [2.45, 2.75) is 6.54 Å². The van der Waals surface area contributed by atoms with Crippen LogP contribution in [0.5, 0.6) is 5.75 Å². The summed E-state index contributed by atoms with van der Waals surface area (Å²) in [6, 6.07) is 10.4. The van der Waals surface area contributed by atoms with Crippen molar-refractivity contribution in [3.8, 4) is 5.75 Å². The smallest absolute Gasteiger partial charge is 0.137 e. The minimum Gasteiger partial charge on any atom is -0.495 e. The van der Waals surface area contributed by atoms with Crippen LogP contribution in [0.3, 0.4) is 0 Å². The van der Waals surface area contributed by atoms with Crippen LogP contribution in [0.25, 0.3) is 0 Å². The van der Waals surface area contributed by atoms with Gasteiger partial charge in [-0.3, -0.25) is 0 Å². The van der Waals surface area contributed by atoms with Crippen LogP contribution in [0, 0.1) is 5.82 Å². The average molecular weight is 345 g/mol. The summed E-state index contributed by atoms with van der Waals surface area (Å²) in [4.78, 5) is 0. The van der Waals surface area contributed by atoms with Crippen molar-refractivity contribution in [3.63, 3.8) is 0 Å². The van der Waals surface area contributed by atoms with E-state index in [0.29, 0.717) is 21.8 Å². The molecule has 2 rings (SSSR count). The number of halogens is 3.